The molecule has 3 aromatic rings. The minimum absolute atomic E-state index is 0.409. The molecule has 6 nitrogen and oxygen atoms in total. The number of rotatable bonds is 6. The van der Waals surface area contributed by atoms with Gasteiger partial charge < -0.3 is 20.1 Å². The highest BCUT2D eigenvalue weighted by atomic mass is 35.5. The van der Waals surface area contributed by atoms with Crippen LogP contribution in [0.15, 0.2) is 54.7 Å². The third-order valence-electron chi connectivity index (χ3n) is 3.77. The molecule has 0 saturated carbocycles. The summed E-state index contributed by atoms with van der Waals surface area (Å²) in [7, 11) is 3.20. The molecule has 0 atom stereocenters. The molecule has 0 fully saturated rings. The summed E-state index contributed by atoms with van der Waals surface area (Å²) < 4.78 is 12.4. The van der Waals surface area contributed by atoms with Gasteiger partial charge in [-0.2, -0.15) is 5.10 Å². The van der Waals surface area contributed by atoms with E-state index in [1.807, 2.05) is 53.3 Å². The third kappa shape index (κ3) is 5.12. The Morgan fingerprint density at radius 1 is 1.11 bits per heavy atom. The number of benzene rings is 2. The minimum Gasteiger partial charge on any atom is -0.497 e. The highest BCUT2D eigenvalue weighted by Crippen LogP contribution is 2.29. The van der Waals surface area contributed by atoms with E-state index in [1.54, 1.807) is 20.3 Å². The highest BCUT2D eigenvalue weighted by molar-refractivity contribution is 7.80. The second-order valence-corrected chi connectivity index (χ2v) is 6.52. The van der Waals surface area contributed by atoms with Crippen LogP contribution < -0.4 is 20.1 Å². The van der Waals surface area contributed by atoms with Crippen molar-refractivity contribution in [1.29, 1.82) is 0 Å². The second kappa shape index (κ2) is 8.75. The second-order valence-electron chi connectivity index (χ2n) is 5.67. The van der Waals surface area contributed by atoms with Gasteiger partial charge in [0.15, 0.2) is 10.9 Å². The number of aromatic nitrogens is 2. The van der Waals surface area contributed by atoms with Gasteiger partial charge >= 0.3 is 0 Å². The number of nitrogens with one attached hydrogen (secondary N) is 2. The van der Waals surface area contributed by atoms with Gasteiger partial charge in [0.1, 0.15) is 11.5 Å². The lowest BCUT2D eigenvalue weighted by molar-refractivity contribution is 0.395. The van der Waals surface area contributed by atoms with E-state index in [4.69, 9.17) is 33.3 Å². The lowest BCUT2D eigenvalue weighted by atomic mass is 10.2. The number of hydrogen-bond acceptors (Lipinski definition) is 4. The first-order chi connectivity index (χ1) is 13.1. The Labute approximate surface area is 168 Å². The summed E-state index contributed by atoms with van der Waals surface area (Å²) in [4.78, 5) is 0. The van der Waals surface area contributed by atoms with Crippen LogP contribution in [-0.4, -0.2) is 29.1 Å². The Morgan fingerprint density at radius 3 is 2.70 bits per heavy atom. The van der Waals surface area contributed by atoms with E-state index < -0.39 is 0 Å². The molecule has 0 bridgehead atoms. The molecule has 0 radical (unpaired) electrons. The van der Waals surface area contributed by atoms with E-state index in [-0.39, 0.29) is 0 Å². The molecule has 1 heterocycles. The zero-order valence-electron chi connectivity index (χ0n) is 14.9. The molecule has 0 spiro atoms. The van der Waals surface area contributed by atoms with Crippen LogP contribution >= 0.6 is 23.8 Å². The summed E-state index contributed by atoms with van der Waals surface area (Å²) in [6.07, 6.45) is 1.87. The van der Waals surface area contributed by atoms with Crippen LogP contribution in [-0.2, 0) is 6.54 Å². The van der Waals surface area contributed by atoms with Crippen LogP contribution in [0.1, 0.15) is 5.56 Å². The number of anilines is 2. The van der Waals surface area contributed by atoms with Crippen molar-refractivity contribution in [1.82, 2.24) is 9.78 Å². The number of methoxy groups -OCH3 is 2. The number of thiocarbonyl (C=S) groups is 1. The average Bonchev–Trinajstić information content (AvgIpc) is 3.08. The summed E-state index contributed by atoms with van der Waals surface area (Å²) in [5, 5.41) is 11.7. The van der Waals surface area contributed by atoms with Crippen LogP contribution in [0.3, 0.4) is 0 Å². The van der Waals surface area contributed by atoms with Crippen molar-refractivity contribution in [3.8, 4) is 11.5 Å². The molecule has 2 aromatic carbocycles. The van der Waals surface area contributed by atoms with Gasteiger partial charge in [-0.3, -0.25) is 4.68 Å². The molecule has 0 aliphatic rings. The van der Waals surface area contributed by atoms with Crippen molar-refractivity contribution in [3.63, 3.8) is 0 Å². The van der Waals surface area contributed by atoms with Crippen LogP contribution in [0.2, 0.25) is 5.02 Å². The zero-order valence-corrected chi connectivity index (χ0v) is 16.5. The summed E-state index contributed by atoms with van der Waals surface area (Å²) in [5.74, 6) is 1.98. The first-order valence-corrected chi connectivity index (χ1v) is 8.94. The van der Waals surface area contributed by atoms with E-state index in [9.17, 15) is 0 Å². The maximum absolute atomic E-state index is 6.02. The van der Waals surface area contributed by atoms with Gasteiger partial charge in [0, 0.05) is 23.4 Å². The van der Waals surface area contributed by atoms with Gasteiger partial charge in [-0.25, -0.2) is 0 Å². The van der Waals surface area contributed by atoms with Crippen LogP contribution in [0, 0.1) is 0 Å². The largest absolute Gasteiger partial charge is 0.497 e. The van der Waals surface area contributed by atoms with Gasteiger partial charge in [-0.05, 0) is 42.0 Å². The Morgan fingerprint density at radius 2 is 1.96 bits per heavy atom. The summed E-state index contributed by atoms with van der Waals surface area (Å²) >= 11 is 11.4. The maximum atomic E-state index is 6.02. The van der Waals surface area contributed by atoms with Crippen molar-refractivity contribution in [2.75, 3.05) is 24.9 Å². The highest BCUT2D eigenvalue weighted by Gasteiger charge is 2.08. The molecule has 0 amide bonds. The van der Waals surface area contributed by atoms with E-state index in [1.165, 1.54) is 0 Å². The van der Waals surface area contributed by atoms with Gasteiger partial charge in [0.25, 0.3) is 0 Å². The SMILES string of the molecule is COc1ccc(NC(=S)Nc2ccn(Cc3cccc(Cl)c3)n2)c(OC)c1. The summed E-state index contributed by atoms with van der Waals surface area (Å²) in [6, 6.07) is 15.0. The Kier molecular flexibility index (Phi) is 6.16. The summed E-state index contributed by atoms with van der Waals surface area (Å²) in [5.41, 5.74) is 1.80. The lowest BCUT2D eigenvalue weighted by Gasteiger charge is -2.13. The smallest absolute Gasteiger partial charge is 0.176 e. The zero-order chi connectivity index (χ0) is 19.2. The van der Waals surface area contributed by atoms with Crippen molar-refractivity contribution < 1.29 is 9.47 Å². The van der Waals surface area contributed by atoms with Crippen LogP contribution in [0.4, 0.5) is 11.5 Å². The predicted molar refractivity (Wildman–Crippen MR) is 112 cm³/mol. The molecular weight excluding hydrogens is 384 g/mol. The molecule has 3 rings (SSSR count). The van der Waals surface area contributed by atoms with E-state index in [0.29, 0.717) is 34.0 Å². The average molecular weight is 403 g/mol. The van der Waals surface area contributed by atoms with Crippen molar-refractivity contribution in [2.24, 2.45) is 0 Å². The molecule has 8 heteroatoms. The first-order valence-electron chi connectivity index (χ1n) is 8.15. The van der Waals surface area contributed by atoms with Crippen molar-refractivity contribution in [2.45, 2.75) is 6.54 Å². The predicted octanol–water partition coefficient (Wildman–Crippen LogP) is 4.41. The Bertz CT molecular complexity index is 945. The molecule has 2 N–H and O–H groups in total. The molecule has 140 valence electrons. The Hall–Kier alpha value is -2.77. The quantitative estimate of drug-likeness (QED) is 0.595. The number of nitrogens with zero attached hydrogens (tertiary/aromatic N) is 2. The molecule has 27 heavy (non-hydrogen) atoms. The van der Waals surface area contributed by atoms with E-state index in [0.717, 1.165) is 11.3 Å². The van der Waals surface area contributed by atoms with E-state index in [2.05, 4.69) is 15.7 Å². The molecule has 1 aromatic heterocycles. The summed E-state index contributed by atoms with van der Waals surface area (Å²) in [6.45, 7) is 0.620. The maximum Gasteiger partial charge on any atom is 0.176 e. The van der Waals surface area contributed by atoms with Gasteiger partial charge in [0.2, 0.25) is 0 Å². The topological polar surface area (TPSA) is 60.3 Å². The molecule has 0 saturated heterocycles. The Balaban J connectivity index is 1.63. The van der Waals surface area contributed by atoms with Gasteiger partial charge in [0.05, 0.1) is 26.5 Å². The van der Waals surface area contributed by atoms with Gasteiger partial charge in [-0.1, -0.05) is 23.7 Å². The minimum atomic E-state index is 0.409. The number of halogens is 1. The third-order valence-corrected chi connectivity index (χ3v) is 4.21. The fourth-order valence-electron chi connectivity index (χ4n) is 2.51. The molecule has 0 unspecified atom stereocenters. The molecule has 0 aliphatic heterocycles. The molecule has 0 aliphatic carbocycles. The first kappa shape index (κ1) is 19.0. The van der Waals surface area contributed by atoms with Crippen LogP contribution in [0.25, 0.3) is 0 Å². The number of hydrogen-bond donors (Lipinski definition) is 2. The molecular formula is C19H19ClN4O2S. The monoisotopic (exact) mass is 402 g/mol. The number of ether oxygens (including phenoxy) is 2. The normalized spacial score (nSPS) is 10.3. The van der Waals surface area contributed by atoms with Crippen LogP contribution in [0.5, 0.6) is 11.5 Å². The van der Waals surface area contributed by atoms with E-state index >= 15 is 0 Å². The van der Waals surface area contributed by atoms with Crippen molar-refractivity contribution in [3.05, 3.63) is 65.3 Å². The fraction of sp³-hybridized carbons (Fsp3) is 0.158. The van der Waals surface area contributed by atoms with Gasteiger partial charge in [-0.15, -0.1) is 0 Å². The fourth-order valence-corrected chi connectivity index (χ4v) is 2.94. The lowest BCUT2D eigenvalue weighted by Crippen LogP contribution is -2.20. The van der Waals surface area contributed by atoms with Crippen molar-refractivity contribution >= 4 is 40.4 Å². The standard InChI is InChI=1S/C19H19ClN4O2S/c1-25-15-6-7-16(17(11-15)26-2)21-19(27)22-18-8-9-24(23-18)12-13-4-3-5-14(20)10-13/h3-11H,12H2,1-2H3,(H2,21,22,23,27).